The lowest BCUT2D eigenvalue weighted by atomic mass is 9.90. The van der Waals surface area contributed by atoms with E-state index in [0.29, 0.717) is 5.54 Å². The van der Waals surface area contributed by atoms with Gasteiger partial charge in [-0.05, 0) is 51.9 Å². The molecule has 0 atom stereocenters. The van der Waals surface area contributed by atoms with E-state index in [9.17, 15) is 0 Å². The predicted molar refractivity (Wildman–Crippen MR) is 70.1 cm³/mol. The number of hydrogen-bond acceptors (Lipinski definition) is 3. The van der Waals surface area contributed by atoms with Gasteiger partial charge in [0.15, 0.2) is 0 Å². The van der Waals surface area contributed by atoms with E-state index in [1.54, 1.807) is 0 Å². The Labute approximate surface area is 104 Å². The van der Waals surface area contributed by atoms with E-state index >= 15 is 0 Å². The van der Waals surface area contributed by atoms with Crippen LogP contribution in [0, 0.1) is 0 Å². The molecule has 0 radical (unpaired) electrons. The maximum Gasteiger partial charge on any atom is 0.0522 e. The monoisotopic (exact) mass is 236 g/mol. The average Bonchev–Trinajstić information content (AvgIpc) is 2.75. The van der Waals surface area contributed by atoms with Gasteiger partial charge in [0, 0.05) is 25.3 Å². The fraction of sp³-hybridized carbons (Fsp3) is 0.769. The van der Waals surface area contributed by atoms with E-state index in [-0.39, 0.29) is 0 Å². The molecule has 1 saturated heterocycles. The maximum atomic E-state index is 4.20. The first-order chi connectivity index (χ1) is 8.11. The van der Waals surface area contributed by atoms with Crippen molar-refractivity contribution in [3.05, 3.63) is 18.0 Å². The topological polar surface area (TPSA) is 33.1 Å². The lowest BCUT2D eigenvalue weighted by Crippen LogP contribution is -2.50. The maximum absolute atomic E-state index is 4.20. The smallest absolute Gasteiger partial charge is 0.0522 e. The highest BCUT2D eigenvalue weighted by atomic mass is 15.2. The second-order valence-corrected chi connectivity index (χ2v) is 5.42. The van der Waals surface area contributed by atoms with E-state index in [4.69, 9.17) is 0 Å². The standard InChI is InChI=1S/C13H24N4/c1-13(14-2)5-8-17(9-6-13)7-4-12-10-15-16(3)11-12/h10-11,14H,4-9H2,1-3H3. The number of nitrogens with zero attached hydrogens (tertiary/aromatic N) is 3. The minimum absolute atomic E-state index is 0.352. The predicted octanol–water partition coefficient (Wildman–Crippen LogP) is 1.04. The van der Waals surface area contributed by atoms with Crippen molar-refractivity contribution in [2.45, 2.75) is 31.7 Å². The van der Waals surface area contributed by atoms with E-state index < -0.39 is 0 Å². The molecule has 4 nitrogen and oxygen atoms in total. The summed E-state index contributed by atoms with van der Waals surface area (Å²) in [5.74, 6) is 0. The molecule has 1 N–H and O–H groups in total. The summed E-state index contributed by atoms with van der Waals surface area (Å²) in [7, 11) is 4.05. The molecule has 1 aromatic rings. The van der Waals surface area contributed by atoms with E-state index in [1.807, 2.05) is 17.9 Å². The Morgan fingerprint density at radius 2 is 2.12 bits per heavy atom. The van der Waals surface area contributed by atoms with Crippen LogP contribution < -0.4 is 5.32 Å². The highest BCUT2D eigenvalue weighted by molar-refractivity contribution is 5.04. The molecule has 0 aliphatic carbocycles. The summed E-state index contributed by atoms with van der Waals surface area (Å²) in [4.78, 5) is 2.56. The Bertz CT molecular complexity index is 350. The zero-order valence-electron chi connectivity index (χ0n) is 11.2. The molecule has 17 heavy (non-hydrogen) atoms. The zero-order valence-corrected chi connectivity index (χ0v) is 11.2. The third kappa shape index (κ3) is 3.30. The van der Waals surface area contributed by atoms with Gasteiger partial charge in [-0.1, -0.05) is 0 Å². The minimum atomic E-state index is 0.352. The number of aryl methyl sites for hydroxylation is 1. The number of piperidine rings is 1. The van der Waals surface area contributed by atoms with Crippen LogP contribution in [0.3, 0.4) is 0 Å². The van der Waals surface area contributed by atoms with Gasteiger partial charge in [-0.25, -0.2) is 0 Å². The van der Waals surface area contributed by atoms with Crippen molar-refractivity contribution in [2.75, 3.05) is 26.7 Å². The molecular formula is C13H24N4. The molecule has 0 spiro atoms. The molecular weight excluding hydrogens is 212 g/mol. The first-order valence-electron chi connectivity index (χ1n) is 6.50. The van der Waals surface area contributed by atoms with Crippen LogP contribution >= 0.6 is 0 Å². The lowest BCUT2D eigenvalue weighted by Gasteiger charge is -2.39. The molecule has 1 aliphatic rings. The Balaban J connectivity index is 1.75. The Kier molecular flexibility index (Phi) is 3.84. The molecule has 0 unspecified atom stereocenters. The van der Waals surface area contributed by atoms with Crippen molar-refractivity contribution in [1.29, 1.82) is 0 Å². The second kappa shape index (κ2) is 5.19. The van der Waals surface area contributed by atoms with Gasteiger partial charge >= 0.3 is 0 Å². The third-order valence-corrected chi connectivity index (χ3v) is 4.04. The summed E-state index contributed by atoms with van der Waals surface area (Å²) in [5.41, 5.74) is 1.69. The van der Waals surface area contributed by atoms with Crippen LogP contribution in [0.15, 0.2) is 12.4 Å². The van der Waals surface area contributed by atoms with Crippen LogP contribution in [0.5, 0.6) is 0 Å². The fourth-order valence-corrected chi connectivity index (χ4v) is 2.41. The normalized spacial score (nSPS) is 20.6. The summed E-state index contributed by atoms with van der Waals surface area (Å²) >= 11 is 0. The van der Waals surface area contributed by atoms with Crippen molar-refractivity contribution in [2.24, 2.45) is 7.05 Å². The Morgan fingerprint density at radius 1 is 1.41 bits per heavy atom. The van der Waals surface area contributed by atoms with Crippen molar-refractivity contribution >= 4 is 0 Å². The highest BCUT2D eigenvalue weighted by Crippen LogP contribution is 2.21. The van der Waals surface area contributed by atoms with Gasteiger partial charge in [0.25, 0.3) is 0 Å². The summed E-state index contributed by atoms with van der Waals surface area (Å²) in [6.45, 7) is 5.89. The highest BCUT2D eigenvalue weighted by Gasteiger charge is 2.27. The average molecular weight is 236 g/mol. The summed E-state index contributed by atoms with van der Waals surface area (Å²) in [6, 6.07) is 0. The van der Waals surface area contributed by atoms with Gasteiger partial charge in [-0.2, -0.15) is 5.10 Å². The minimum Gasteiger partial charge on any atom is -0.314 e. The first kappa shape index (κ1) is 12.6. The number of aromatic nitrogens is 2. The molecule has 0 saturated carbocycles. The molecule has 1 aliphatic heterocycles. The van der Waals surface area contributed by atoms with Gasteiger partial charge in [-0.3, -0.25) is 4.68 Å². The van der Waals surface area contributed by atoms with Crippen molar-refractivity contribution in [3.8, 4) is 0 Å². The lowest BCUT2D eigenvalue weighted by molar-refractivity contribution is 0.153. The van der Waals surface area contributed by atoms with Gasteiger partial charge in [0.1, 0.15) is 0 Å². The summed E-state index contributed by atoms with van der Waals surface area (Å²) < 4.78 is 1.88. The van der Waals surface area contributed by atoms with Gasteiger partial charge in [0.05, 0.1) is 6.20 Å². The molecule has 0 aromatic carbocycles. The molecule has 2 rings (SSSR count). The molecule has 1 aromatic heterocycles. The van der Waals surface area contributed by atoms with E-state index in [0.717, 1.165) is 13.0 Å². The third-order valence-electron chi connectivity index (χ3n) is 4.04. The van der Waals surface area contributed by atoms with Crippen LogP contribution in [-0.2, 0) is 13.5 Å². The van der Waals surface area contributed by atoms with Crippen molar-refractivity contribution in [1.82, 2.24) is 20.0 Å². The van der Waals surface area contributed by atoms with Crippen LogP contribution in [-0.4, -0.2) is 46.9 Å². The summed E-state index contributed by atoms with van der Waals surface area (Å²) in [6.07, 6.45) is 7.69. The van der Waals surface area contributed by atoms with Crippen LogP contribution in [0.4, 0.5) is 0 Å². The molecule has 2 heterocycles. The number of nitrogens with one attached hydrogen (secondary N) is 1. The number of rotatable bonds is 4. The van der Waals surface area contributed by atoms with Crippen LogP contribution in [0.25, 0.3) is 0 Å². The van der Waals surface area contributed by atoms with Crippen molar-refractivity contribution in [3.63, 3.8) is 0 Å². The first-order valence-corrected chi connectivity index (χ1v) is 6.50. The second-order valence-electron chi connectivity index (χ2n) is 5.42. The van der Waals surface area contributed by atoms with E-state index in [2.05, 4.69) is 35.5 Å². The van der Waals surface area contributed by atoms with Gasteiger partial charge in [-0.15, -0.1) is 0 Å². The van der Waals surface area contributed by atoms with Gasteiger partial charge < -0.3 is 10.2 Å². The number of hydrogen-bond donors (Lipinski definition) is 1. The molecule has 0 amide bonds. The quantitative estimate of drug-likeness (QED) is 0.848. The van der Waals surface area contributed by atoms with E-state index in [1.165, 1.54) is 31.5 Å². The zero-order chi connectivity index (χ0) is 12.3. The number of likely N-dealkylation sites (tertiary alicyclic amines) is 1. The fourth-order valence-electron chi connectivity index (χ4n) is 2.41. The Hall–Kier alpha value is -0.870. The molecule has 4 heteroatoms. The molecule has 96 valence electrons. The van der Waals surface area contributed by atoms with Crippen LogP contribution in [0.2, 0.25) is 0 Å². The summed E-state index contributed by atoms with van der Waals surface area (Å²) in [5, 5.41) is 7.64. The largest absolute Gasteiger partial charge is 0.314 e. The van der Waals surface area contributed by atoms with Crippen LogP contribution in [0.1, 0.15) is 25.3 Å². The molecule has 0 bridgehead atoms. The Morgan fingerprint density at radius 3 is 2.65 bits per heavy atom. The van der Waals surface area contributed by atoms with Gasteiger partial charge in [0.2, 0.25) is 0 Å². The SMILES string of the molecule is CNC1(C)CCN(CCc2cnn(C)c2)CC1. The van der Waals surface area contributed by atoms with Crippen molar-refractivity contribution < 1.29 is 0 Å². The molecule has 1 fully saturated rings.